The minimum absolute atomic E-state index is 0.0242. The second-order valence-corrected chi connectivity index (χ2v) is 8.91. The molecule has 0 saturated heterocycles. The summed E-state index contributed by atoms with van der Waals surface area (Å²) in [5, 5.41) is 3.80. The summed E-state index contributed by atoms with van der Waals surface area (Å²) in [5.41, 5.74) is 1.94. The largest absolute Gasteiger partial charge is 0.493 e. The van der Waals surface area contributed by atoms with Crippen LogP contribution in [0.15, 0.2) is 48.7 Å². The third-order valence-corrected chi connectivity index (χ3v) is 6.62. The Morgan fingerprint density at radius 3 is 2.60 bits per heavy atom. The van der Waals surface area contributed by atoms with Gasteiger partial charge in [-0.1, -0.05) is 0 Å². The third-order valence-electron chi connectivity index (χ3n) is 6.62. The van der Waals surface area contributed by atoms with E-state index in [9.17, 15) is 9.59 Å². The number of esters is 1. The van der Waals surface area contributed by atoms with Crippen molar-refractivity contribution in [3.05, 3.63) is 54.2 Å². The molecule has 0 spiro atoms. The molecule has 0 bridgehead atoms. The highest BCUT2D eigenvalue weighted by molar-refractivity contribution is 5.96. The topological polar surface area (TPSA) is 96.0 Å². The summed E-state index contributed by atoms with van der Waals surface area (Å²) in [6.45, 7) is 1.61. The maximum Gasteiger partial charge on any atom is 0.337 e. The number of pyridine rings is 1. The highest BCUT2D eigenvalue weighted by Crippen LogP contribution is 2.34. The summed E-state index contributed by atoms with van der Waals surface area (Å²) in [6, 6.07) is 12.5. The number of nitrogens with one attached hydrogen (secondary N) is 1. The van der Waals surface area contributed by atoms with Crippen LogP contribution < -0.4 is 19.5 Å². The zero-order valence-corrected chi connectivity index (χ0v) is 19.6. The molecule has 2 aromatic carbocycles. The van der Waals surface area contributed by atoms with E-state index in [0.29, 0.717) is 48.6 Å². The number of carbonyl (C=O) groups is 2. The first kappa shape index (κ1) is 23.0. The molecule has 1 N–H and O–H groups in total. The molecule has 2 aliphatic rings. The molecule has 1 amide bonds. The van der Waals surface area contributed by atoms with Crippen molar-refractivity contribution < 1.29 is 28.5 Å². The first-order valence-corrected chi connectivity index (χ1v) is 11.9. The Labute approximate surface area is 203 Å². The minimum Gasteiger partial charge on any atom is -0.493 e. The van der Waals surface area contributed by atoms with Crippen LogP contribution in [0.5, 0.6) is 17.2 Å². The number of carbonyl (C=O) groups excluding carboxylic acids is 2. The molecule has 1 aliphatic carbocycles. The lowest BCUT2D eigenvalue weighted by molar-refractivity contribution is -0.121. The summed E-state index contributed by atoms with van der Waals surface area (Å²) < 4.78 is 22.1. The third kappa shape index (κ3) is 5.16. The lowest BCUT2D eigenvalue weighted by Crippen LogP contribution is -2.29. The van der Waals surface area contributed by atoms with E-state index < -0.39 is 5.97 Å². The predicted molar refractivity (Wildman–Crippen MR) is 130 cm³/mol. The zero-order valence-electron chi connectivity index (χ0n) is 19.6. The number of anilines is 1. The number of amides is 1. The van der Waals surface area contributed by atoms with Crippen LogP contribution in [0.4, 0.5) is 5.69 Å². The van der Waals surface area contributed by atoms with Crippen LogP contribution in [0.1, 0.15) is 36.0 Å². The van der Waals surface area contributed by atoms with Gasteiger partial charge in [0.25, 0.3) is 0 Å². The van der Waals surface area contributed by atoms with Crippen LogP contribution >= 0.6 is 0 Å². The van der Waals surface area contributed by atoms with E-state index >= 15 is 0 Å². The molecule has 1 saturated carbocycles. The van der Waals surface area contributed by atoms with Crippen LogP contribution in [-0.2, 0) is 9.53 Å². The SMILES string of the molecule is COC(=O)c1ccc2nccc(OC[C@H]3CC[C@H](C(=O)Nc4ccc5c(c4)OCCO5)CC3)c2c1. The quantitative estimate of drug-likeness (QED) is 0.519. The Kier molecular flexibility index (Phi) is 6.70. The van der Waals surface area contributed by atoms with E-state index in [1.165, 1.54) is 7.11 Å². The highest BCUT2D eigenvalue weighted by atomic mass is 16.6. The highest BCUT2D eigenvalue weighted by Gasteiger charge is 2.27. The predicted octanol–water partition coefficient (Wildman–Crippen LogP) is 4.62. The normalized spacial score (nSPS) is 19.1. The fourth-order valence-corrected chi connectivity index (χ4v) is 4.66. The van der Waals surface area contributed by atoms with E-state index in [-0.39, 0.29) is 11.8 Å². The molecule has 0 radical (unpaired) electrons. The molecular weight excluding hydrogens is 448 g/mol. The molecule has 5 rings (SSSR count). The van der Waals surface area contributed by atoms with Gasteiger partial charge in [-0.25, -0.2) is 4.79 Å². The molecule has 0 atom stereocenters. The number of hydrogen-bond donors (Lipinski definition) is 1. The van der Waals surface area contributed by atoms with Crippen molar-refractivity contribution in [3.63, 3.8) is 0 Å². The van der Waals surface area contributed by atoms with Crippen molar-refractivity contribution >= 4 is 28.5 Å². The number of benzene rings is 2. The molecule has 0 unspecified atom stereocenters. The molecule has 182 valence electrons. The number of nitrogens with zero attached hydrogens (tertiary/aromatic N) is 1. The van der Waals surface area contributed by atoms with Gasteiger partial charge in [-0.05, 0) is 68.0 Å². The van der Waals surface area contributed by atoms with Crippen LogP contribution in [0.2, 0.25) is 0 Å². The van der Waals surface area contributed by atoms with E-state index in [4.69, 9.17) is 18.9 Å². The number of aromatic nitrogens is 1. The molecule has 35 heavy (non-hydrogen) atoms. The van der Waals surface area contributed by atoms with Gasteiger partial charge >= 0.3 is 5.97 Å². The maximum atomic E-state index is 12.8. The molecule has 8 nitrogen and oxygen atoms in total. The molecule has 1 fully saturated rings. The van der Waals surface area contributed by atoms with E-state index in [1.54, 1.807) is 24.4 Å². The number of hydrogen-bond acceptors (Lipinski definition) is 7. The van der Waals surface area contributed by atoms with E-state index in [1.807, 2.05) is 24.3 Å². The van der Waals surface area contributed by atoms with Gasteiger partial charge < -0.3 is 24.3 Å². The van der Waals surface area contributed by atoms with Crippen LogP contribution in [0.25, 0.3) is 10.9 Å². The zero-order chi connectivity index (χ0) is 24.2. The summed E-state index contributed by atoms with van der Waals surface area (Å²) in [7, 11) is 1.36. The van der Waals surface area contributed by atoms with Crippen molar-refractivity contribution in [1.29, 1.82) is 0 Å². The number of fused-ring (bicyclic) bond motifs is 2. The lowest BCUT2D eigenvalue weighted by atomic mass is 9.82. The van der Waals surface area contributed by atoms with Gasteiger partial charge in [0.15, 0.2) is 11.5 Å². The van der Waals surface area contributed by atoms with Crippen LogP contribution in [0.3, 0.4) is 0 Å². The smallest absolute Gasteiger partial charge is 0.337 e. The maximum absolute atomic E-state index is 12.8. The van der Waals surface area contributed by atoms with Crippen molar-refractivity contribution in [2.75, 3.05) is 32.2 Å². The van der Waals surface area contributed by atoms with E-state index in [0.717, 1.165) is 42.3 Å². The van der Waals surface area contributed by atoms with Gasteiger partial charge in [-0.3, -0.25) is 9.78 Å². The van der Waals surface area contributed by atoms with Gasteiger partial charge in [0.1, 0.15) is 19.0 Å². The second-order valence-electron chi connectivity index (χ2n) is 8.91. The molecular formula is C27H28N2O6. The molecule has 3 aromatic rings. The monoisotopic (exact) mass is 476 g/mol. The molecule has 1 aromatic heterocycles. The number of ether oxygens (including phenoxy) is 4. The Hall–Kier alpha value is -3.81. The molecule has 1 aliphatic heterocycles. The second kappa shape index (κ2) is 10.2. The van der Waals surface area contributed by atoms with Crippen molar-refractivity contribution in [2.45, 2.75) is 25.7 Å². The van der Waals surface area contributed by atoms with Gasteiger partial charge in [-0.2, -0.15) is 0 Å². The van der Waals surface area contributed by atoms with Crippen LogP contribution in [0, 0.1) is 11.8 Å². The Morgan fingerprint density at radius 2 is 1.80 bits per heavy atom. The molecule has 8 heteroatoms. The lowest BCUT2D eigenvalue weighted by Gasteiger charge is -2.28. The first-order chi connectivity index (χ1) is 17.1. The van der Waals surface area contributed by atoms with Gasteiger partial charge in [-0.15, -0.1) is 0 Å². The summed E-state index contributed by atoms with van der Waals surface area (Å²) >= 11 is 0. The van der Waals surface area contributed by atoms with Gasteiger partial charge in [0.2, 0.25) is 5.91 Å². The van der Waals surface area contributed by atoms with Gasteiger partial charge in [0, 0.05) is 29.3 Å². The van der Waals surface area contributed by atoms with Crippen molar-refractivity contribution in [3.8, 4) is 17.2 Å². The summed E-state index contributed by atoms with van der Waals surface area (Å²) in [6.07, 6.45) is 5.15. The number of rotatable bonds is 6. The Balaban J connectivity index is 1.15. The first-order valence-electron chi connectivity index (χ1n) is 11.9. The van der Waals surface area contributed by atoms with Crippen LogP contribution in [-0.4, -0.2) is 43.8 Å². The molecule has 2 heterocycles. The van der Waals surface area contributed by atoms with E-state index in [2.05, 4.69) is 10.3 Å². The fraction of sp³-hybridized carbons (Fsp3) is 0.370. The average molecular weight is 477 g/mol. The van der Waals surface area contributed by atoms with Crippen molar-refractivity contribution in [2.24, 2.45) is 11.8 Å². The van der Waals surface area contributed by atoms with Gasteiger partial charge in [0.05, 0.1) is 24.8 Å². The number of methoxy groups -OCH3 is 1. The Bertz CT molecular complexity index is 1240. The standard InChI is InChI=1S/C27H28N2O6/c1-32-27(31)19-6-8-22-21(14-19)23(10-11-28-22)35-16-17-2-4-18(5-3-17)26(30)29-20-7-9-24-25(15-20)34-13-12-33-24/h6-11,14-15,17-18H,2-5,12-13,16H2,1H3,(H,29,30)/t17-,18-. The summed E-state index contributed by atoms with van der Waals surface area (Å²) in [5.74, 6) is 2.05. The average Bonchev–Trinajstić information content (AvgIpc) is 2.91. The summed E-state index contributed by atoms with van der Waals surface area (Å²) in [4.78, 5) is 29.1. The Morgan fingerprint density at radius 1 is 1.00 bits per heavy atom. The fourth-order valence-electron chi connectivity index (χ4n) is 4.66. The van der Waals surface area contributed by atoms with Crippen molar-refractivity contribution in [1.82, 2.24) is 4.98 Å². The minimum atomic E-state index is -0.394.